The number of aromatic nitrogens is 3. The van der Waals surface area contributed by atoms with Crippen molar-refractivity contribution in [2.24, 2.45) is 0 Å². The van der Waals surface area contributed by atoms with Gasteiger partial charge in [0, 0.05) is 12.7 Å². The van der Waals surface area contributed by atoms with Crippen molar-refractivity contribution in [3.05, 3.63) is 47.2 Å². The lowest BCUT2D eigenvalue weighted by atomic mass is 10.1. The maximum absolute atomic E-state index is 4.68. The van der Waals surface area contributed by atoms with E-state index in [0.29, 0.717) is 0 Å². The van der Waals surface area contributed by atoms with E-state index in [-0.39, 0.29) is 0 Å². The van der Waals surface area contributed by atoms with Crippen LogP contribution in [0.4, 0.5) is 5.95 Å². The van der Waals surface area contributed by atoms with Gasteiger partial charge in [-0.25, -0.2) is 9.97 Å². The Balaban J connectivity index is 2.28. The highest BCUT2D eigenvalue weighted by molar-refractivity contribution is 5.80. The molecule has 108 valence electrons. The third kappa shape index (κ3) is 2.27. The van der Waals surface area contributed by atoms with Gasteiger partial charge in [-0.15, -0.1) is 0 Å². The zero-order valence-corrected chi connectivity index (χ0v) is 12.9. The molecule has 1 N–H and O–H groups in total. The molecule has 4 nitrogen and oxygen atoms in total. The number of pyridine rings is 1. The number of fused-ring (bicyclic) bond motifs is 1. The SMILES string of the molecule is CCc1ccc(-n2c(NC)nc3c(C)cc(C)nc32)cc1. The summed E-state index contributed by atoms with van der Waals surface area (Å²) in [5, 5.41) is 3.17. The molecule has 0 spiro atoms. The Morgan fingerprint density at radius 1 is 1.10 bits per heavy atom. The minimum Gasteiger partial charge on any atom is -0.358 e. The molecule has 0 aliphatic heterocycles. The van der Waals surface area contributed by atoms with Crippen LogP contribution in [0.1, 0.15) is 23.7 Å². The Bertz CT molecular complexity index is 785. The first-order valence-corrected chi connectivity index (χ1v) is 7.27. The molecule has 0 fully saturated rings. The number of hydrogen-bond donors (Lipinski definition) is 1. The summed E-state index contributed by atoms with van der Waals surface area (Å²) in [6.07, 6.45) is 1.04. The van der Waals surface area contributed by atoms with Crippen LogP contribution in [0.15, 0.2) is 30.3 Å². The number of anilines is 1. The second-order valence-electron chi connectivity index (χ2n) is 5.29. The van der Waals surface area contributed by atoms with E-state index in [1.54, 1.807) is 0 Å². The van der Waals surface area contributed by atoms with Crippen LogP contribution in [-0.4, -0.2) is 21.6 Å². The van der Waals surface area contributed by atoms with Gasteiger partial charge >= 0.3 is 0 Å². The fraction of sp³-hybridized carbons (Fsp3) is 0.294. The minimum absolute atomic E-state index is 0.815. The first kappa shape index (κ1) is 13.6. The molecule has 4 heteroatoms. The molecule has 0 saturated carbocycles. The van der Waals surface area contributed by atoms with Gasteiger partial charge in [0.1, 0.15) is 5.52 Å². The monoisotopic (exact) mass is 280 g/mol. The summed E-state index contributed by atoms with van der Waals surface area (Å²) in [7, 11) is 1.89. The van der Waals surface area contributed by atoms with Gasteiger partial charge in [0.15, 0.2) is 5.65 Å². The zero-order chi connectivity index (χ0) is 15.0. The standard InChI is InChI=1S/C17H20N4/c1-5-13-6-8-14(9-7-13)21-16-15(20-17(21)18-4)11(2)10-12(3)19-16/h6-10H,5H2,1-4H3,(H,18,20). The van der Waals surface area contributed by atoms with E-state index in [2.05, 4.69) is 64.0 Å². The van der Waals surface area contributed by atoms with E-state index < -0.39 is 0 Å². The van der Waals surface area contributed by atoms with Crippen LogP contribution in [0, 0.1) is 13.8 Å². The molecule has 0 aliphatic carbocycles. The molecule has 0 bridgehead atoms. The van der Waals surface area contributed by atoms with Gasteiger partial charge in [-0.2, -0.15) is 0 Å². The van der Waals surface area contributed by atoms with Crippen LogP contribution in [0.3, 0.4) is 0 Å². The number of hydrogen-bond acceptors (Lipinski definition) is 3. The molecule has 3 rings (SSSR count). The molecule has 2 aromatic heterocycles. The van der Waals surface area contributed by atoms with Crippen molar-refractivity contribution in [2.75, 3.05) is 12.4 Å². The summed E-state index contributed by atoms with van der Waals surface area (Å²) < 4.78 is 2.08. The van der Waals surface area contributed by atoms with Crippen molar-refractivity contribution in [1.29, 1.82) is 0 Å². The van der Waals surface area contributed by atoms with Crippen LogP contribution >= 0.6 is 0 Å². The highest BCUT2D eigenvalue weighted by Crippen LogP contribution is 2.26. The number of rotatable bonds is 3. The van der Waals surface area contributed by atoms with E-state index in [4.69, 9.17) is 0 Å². The smallest absolute Gasteiger partial charge is 0.209 e. The van der Waals surface area contributed by atoms with E-state index in [9.17, 15) is 0 Å². The largest absolute Gasteiger partial charge is 0.358 e. The second kappa shape index (κ2) is 5.20. The topological polar surface area (TPSA) is 42.7 Å². The minimum atomic E-state index is 0.815. The first-order valence-electron chi connectivity index (χ1n) is 7.27. The molecule has 0 aliphatic rings. The molecule has 0 radical (unpaired) electrons. The summed E-state index contributed by atoms with van der Waals surface area (Å²) in [4.78, 5) is 9.36. The molecule has 21 heavy (non-hydrogen) atoms. The van der Waals surface area contributed by atoms with E-state index in [1.807, 2.05) is 14.0 Å². The summed E-state index contributed by atoms with van der Waals surface area (Å²) in [5.41, 5.74) is 6.42. The number of benzene rings is 1. The average molecular weight is 280 g/mol. The predicted octanol–water partition coefficient (Wildman–Crippen LogP) is 3.64. The van der Waals surface area contributed by atoms with E-state index in [0.717, 1.165) is 40.5 Å². The van der Waals surface area contributed by atoms with Crippen LogP contribution in [0.2, 0.25) is 0 Å². The molecule has 1 aromatic carbocycles. The number of nitrogens with zero attached hydrogens (tertiary/aromatic N) is 3. The second-order valence-corrected chi connectivity index (χ2v) is 5.29. The van der Waals surface area contributed by atoms with Gasteiger partial charge in [0.25, 0.3) is 0 Å². The maximum Gasteiger partial charge on any atom is 0.209 e. The molecule has 0 amide bonds. The third-order valence-corrected chi connectivity index (χ3v) is 3.76. The summed E-state index contributed by atoms with van der Waals surface area (Å²) in [6, 6.07) is 10.6. The Morgan fingerprint density at radius 2 is 1.81 bits per heavy atom. The highest BCUT2D eigenvalue weighted by Gasteiger charge is 2.14. The van der Waals surface area contributed by atoms with Crippen molar-refractivity contribution < 1.29 is 0 Å². The summed E-state index contributed by atoms with van der Waals surface area (Å²) >= 11 is 0. The van der Waals surface area contributed by atoms with Crippen molar-refractivity contribution in [3.63, 3.8) is 0 Å². The normalized spacial score (nSPS) is 11.0. The molecular weight excluding hydrogens is 260 g/mol. The Kier molecular flexibility index (Phi) is 3.37. The van der Waals surface area contributed by atoms with Gasteiger partial charge in [0.05, 0.1) is 5.69 Å². The van der Waals surface area contributed by atoms with Crippen LogP contribution in [0.5, 0.6) is 0 Å². The van der Waals surface area contributed by atoms with Crippen molar-refractivity contribution >= 4 is 17.1 Å². The summed E-state index contributed by atoms with van der Waals surface area (Å²) in [5.74, 6) is 0.815. The predicted molar refractivity (Wildman–Crippen MR) is 87.3 cm³/mol. The lowest BCUT2D eigenvalue weighted by Crippen LogP contribution is -2.02. The Hall–Kier alpha value is -2.36. The summed E-state index contributed by atoms with van der Waals surface area (Å²) in [6.45, 7) is 6.26. The molecule has 2 heterocycles. The van der Waals surface area contributed by atoms with Gasteiger partial charge in [0.2, 0.25) is 5.95 Å². The molecule has 3 aromatic rings. The first-order chi connectivity index (χ1) is 10.1. The maximum atomic E-state index is 4.68. The fourth-order valence-corrected chi connectivity index (χ4v) is 2.65. The van der Waals surface area contributed by atoms with E-state index in [1.165, 1.54) is 5.56 Å². The van der Waals surface area contributed by atoms with Crippen LogP contribution in [0.25, 0.3) is 16.9 Å². The lowest BCUT2D eigenvalue weighted by molar-refractivity contribution is 1.05. The molecule has 0 atom stereocenters. The average Bonchev–Trinajstić information content (AvgIpc) is 2.86. The van der Waals surface area contributed by atoms with Crippen LogP contribution < -0.4 is 5.32 Å². The van der Waals surface area contributed by atoms with Crippen LogP contribution in [-0.2, 0) is 6.42 Å². The highest BCUT2D eigenvalue weighted by atomic mass is 15.2. The molecular formula is C17H20N4. The van der Waals surface area contributed by atoms with Crippen molar-refractivity contribution in [2.45, 2.75) is 27.2 Å². The number of nitrogens with one attached hydrogen (secondary N) is 1. The lowest BCUT2D eigenvalue weighted by Gasteiger charge is -2.09. The van der Waals surface area contributed by atoms with E-state index >= 15 is 0 Å². The van der Waals surface area contributed by atoms with Gasteiger partial charge in [-0.1, -0.05) is 19.1 Å². The molecule has 0 unspecified atom stereocenters. The van der Waals surface area contributed by atoms with Gasteiger partial charge < -0.3 is 5.32 Å². The number of imidazole rings is 1. The fourth-order valence-electron chi connectivity index (χ4n) is 2.65. The third-order valence-electron chi connectivity index (χ3n) is 3.76. The number of aryl methyl sites for hydroxylation is 3. The van der Waals surface area contributed by atoms with Gasteiger partial charge in [-0.3, -0.25) is 4.57 Å². The quantitative estimate of drug-likeness (QED) is 0.796. The Labute approximate surface area is 124 Å². The Morgan fingerprint density at radius 3 is 2.43 bits per heavy atom. The van der Waals surface area contributed by atoms with Crippen molar-refractivity contribution in [3.8, 4) is 5.69 Å². The molecule has 0 saturated heterocycles. The zero-order valence-electron chi connectivity index (χ0n) is 12.9. The van der Waals surface area contributed by atoms with Crippen molar-refractivity contribution in [1.82, 2.24) is 14.5 Å². The van der Waals surface area contributed by atoms with Gasteiger partial charge in [-0.05, 0) is 49.6 Å².